The predicted octanol–water partition coefficient (Wildman–Crippen LogP) is 4.36. The molecule has 5 unspecified atom stereocenters. The highest BCUT2D eigenvalue weighted by Gasteiger charge is 2.51. The summed E-state index contributed by atoms with van der Waals surface area (Å²) in [4.78, 5) is 32.1. The molecule has 6 fully saturated rings. The van der Waals surface area contributed by atoms with Crippen LogP contribution in [0.3, 0.4) is 0 Å². The number of hydrazine groups is 1. The van der Waals surface area contributed by atoms with Gasteiger partial charge in [-0.25, -0.2) is 8.78 Å². The lowest BCUT2D eigenvalue weighted by Gasteiger charge is -2.53. The van der Waals surface area contributed by atoms with Gasteiger partial charge >= 0.3 is 6.01 Å². The van der Waals surface area contributed by atoms with Gasteiger partial charge in [0.25, 0.3) is 0 Å². The molecule has 7 aliphatic heterocycles. The molecule has 7 atom stereocenters. The number of piperidine rings is 1. The summed E-state index contributed by atoms with van der Waals surface area (Å²) in [7, 11) is 0. The first kappa shape index (κ1) is 31.6. The van der Waals surface area contributed by atoms with Crippen molar-refractivity contribution in [3.63, 3.8) is 0 Å². The number of rotatable bonds is 3. The summed E-state index contributed by atoms with van der Waals surface area (Å²) < 4.78 is 38.2. The molecule has 4 saturated heterocycles. The highest BCUT2D eigenvalue weighted by molar-refractivity contribution is 6.21. The lowest BCUT2D eigenvalue weighted by atomic mass is 9.61. The average molecular weight is 685 g/mol. The topological polar surface area (TPSA) is 108 Å². The van der Waals surface area contributed by atoms with Crippen molar-refractivity contribution in [2.24, 2.45) is 17.3 Å². The Morgan fingerprint density at radius 3 is 2.85 bits per heavy atom. The Hall–Kier alpha value is -2.41. The van der Waals surface area contributed by atoms with Crippen molar-refractivity contribution in [2.45, 2.75) is 112 Å². The number of fused-ring (bicyclic) bond motifs is 2. The molecule has 10 nitrogen and oxygen atoms in total. The van der Waals surface area contributed by atoms with Crippen LogP contribution in [0.4, 0.5) is 14.6 Å². The van der Waals surface area contributed by atoms with Crippen molar-refractivity contribution < 1.29 is 18.3 Å². The first-order valence-electron chi connectivity index (χ1n) is 18.3. The maximum Gasteiger partial charge on any atom is 0.319 e. The van der Waals surface area contributed by atoms with E-state index in [2.05, 4.69) is 26.0 Å². The van der Waals surface area contributed by atoms with Crippen LogP contribution >= 0.6 is 11.6 Å². The summed E-state index contributed by atoms with van der Waals surface area (Å²) in [6.45, 7) is 3.84. The van der Waals surface area contributed by atoms with Gasteiger partial charge in [-0.3, -0.25) is 25.5 Å². The fourth-order valence-electron chi connectivity index (χ4n) is 10.9. The molecule has 9 heterocycles. The quantitative estimate of drug-likeness (QED) is 0.407. The minimum absolute atomic E-state index is 0.00541. The summed E-state index contributed by atoms with van der Waals surface area (Å²) in [5, 5.41) is 3.73. The van der Waals surface area contributed by atoms with E-state index >= 15 is 4.39 Å². The number of carbonyl (C=O) groups excluding carboxylic acids is 1. The Morgan fingerprint density at radius 2 is 1.96 bits per heavy atom. The number of pyridine rings is 1. The van der Waals surface area contributed by atoms with E-state index in [1.54, 1.807) is 6.20 Å². The maximum atomic E-state index is 17.3. The van der Waals surface area contributed by atoms with Gasteiger partial charge in [0.1, 0.15) is 24.1 Å². The molecule has 1 amide bonds. The normalized spacial score (nSPS) is 39.8. The molecule has 260 valence electrons. The minimum atomic E-state index is -0.869. The number of halogens is 3. The molecule has 2 aliphatic carbocycles. The average Bonchev–Trinajstić information content (AvgIpc) is 3.75. The van der Waals surface area contributed by atoms with E-state index in [1.807, 2.05) is 0 Å². The van der Waals surface area contributed by atoms with Gasteiger partial charge in [-0.2, -0.15) is 9.97 Å². The second-order valence-electron chi connectivity index (χ2n) is 16.1. The van der Waals surface area contributed by atoms with Crippen LogP contribution in [-0.4, -0.2) is 94.3 Å². The number of hydrogen-bond acceptors (Lipinski definition) is 9. The van der Waals surface area contributed by atoms with Gasteiger partial charge in [0.2, 0.25) is 5.91 Å². The number of carbonyl (C=O) groups is 1. The summed E-state index contributed by atoms with van der Waals surface area (Å²) >= 11 is 7.11. The molecule has 11 rings (SSSR count). The zero-order valence-corrected chi connectivity index (χ0v) is 28.3. The van der Waals surface area contributed by atoms with E-state index < -0.39 is 12.0 Å². The van der Waals surface area contributed by atoms with Crippen molar-refractivity contribution in [1.29, 1.82) is 0 Å². The molecular weight excluding hydrogens is 638 g/mol. The molecule has 2 saturated carbocycles. The number of alkyl halides is 2. The molecule has 3 N–H and O–H groups in total. The summed E-state index contributed by atoms with van der Waals surface area (Å²) in [6, 6.07) is 0.444. The Balaban J connectivity index is 1.14. The zero-order chi connectivity index (χ0) is 32.6. The zero-order valence-electron chi connectivity index (χ0n) is 27.5. The van der Waals surface area contributed by atoms with Gasteiger partial charge in [-0.15, -0.1) is 11.6 Å². The number of ether oxygens (including phenoxy) is 1. The molecule has 7 bridgehead atoms. The lowest BCUT2D eigenvalue weighted by molar-refractivity contribution is -0.123. The SMILES string of the molecule is O=C1CCCCC2C(Cl)CC3NNCC3C2c2ncc3c(nc(OC[C@@]45CCCN4C[C@H](F)C5)nc3c2F)N2CCCC3(CC(C3)N1)C2. The Bertz CT molecular complexity index is 1580. The summed E-state index contributed by atoms with van der Waals surface area (Å²) in [5.74, 6) is 0.255. The number of amides is 1. The molecule has 13 heteroatoms. The second-order valence-corrected chi connectivity index (χ2v) is 16.7. The Labute approximate surface area is 285 Å². The highest BCUT2D eigenvalue weighted by atomic mass is 35.5. The van der Waals surface area contributed by atoms with Crippen LogP contribution in [0.1, 0.15) is 88.7 Å². The van der Waals surface area contributed by atoms with Gasteiger partial charge in [0.15, 0.2) is 5.82 Å². The molecule has 0 aromatic carbocycles. The molecule has 9 aliphatic rings. The van der Waals surface area contributed by atoms with Crippen molar-refractivity contribution in [2.75, 3.05) is 44.2 Å². The molecule has 2 aromatic rings. The molecule has 1 spiro atoms. The van der Waals surface area contributed by atoms with Crippen LogP contribution in [0.5, 0.6) is 6.01 Å². The fraction of sp³-hybridized carbons (Fsp3) is 0.771. The first-order chi connectivity index (χ1) is 23.3. The summed E-state index contributed by atoms with van der Waals surface area (Å²) in [6.07, 6.45) is 10.9. The van der Waals surface area contributed by atoms with E-state index in [4.69, 9.17) is 31.3 Å². The molecule has 48 heavy (non-hydrogen) atoms. The predicted molar refractivity (Wildman–Crippen MR) is 178 cm³/mol. The van der Waals surface area contributed by atoms with E-state index in [0.717, 1.165) is 83.8 Å². The Morgan fingerprint density at radius 1 is 1.08 bits per heavy atom. The van der Waals surface area contributed by atoms with E-state index in [1.165, 1.54) is 0 Å². The monoisotopic (exact) mass is 684 g/mol. The van der Waals surface area contributed by atoms with Crippen LogP contribution in [-0.2, 0) is 4.79 Å². The van der Waals surface area contributed by atoms with E-state index in [9.17, 15) is 9.18 Å². The van der Waals surface area contributed by atoms with Crippen molar-refractivity contribution >= 4 is 34.2 Å². The number of nitrogens with zero attached hydrogens (tertiary/aromatic N) is 5. The summed E-state index contributed by atoms with van der Waals surface area (Å²) in [5.41, 5.74) is 7.03. The number of hydrogen-bond donors (Lipinski definition) is 3. The van der Waals surface area contributed by atoms with Gasteiger partial charge in [0.05, 0.1) is 16.6 Å². The van der Waals surface area contributed by atoms with E-state index in [-0.39, 0.29) is 70.2 Å². The van der Waals surface area contributed by atoms with Gasteiger partial charge in [-0.1, -0.05) is 6.42 Å². The smallest absolute Gasteiger partial charge is 0.319 e. The van der Waals surface area contributed by atoms with Crippen molar-refractivity contribution in [1.82, 2.24) is 36.0 Å². The van der Waals surface area contributed by atoms with Gasteiger partial charge in [0, 0.05) is 68.6 Å². The fourth-order valence-corrected chi connectivity index (χ4v) is 11.4. The highest BCUT2D eigenvalue weighted by Crippen LogP contribution is 2.51. The third-order valence-electron chi connectivity index (χ3n) is 13.1. The Kier molecular flexibility index (Phi) is 7.97. The van der Waals surface area contributed by atoms with Crippen molar-refractivity contribution in [3.05, 3.63) is 17.7 Å². The van der Waals surface area contributed by atoms with Gasteiger partial charge < -0.3 is 15.0 Å². The van der Waals surface area contributed by atoms with Crippen molar-refractivity contribution in [3.8, 4) is 6.01 Å². The minimum Gasteiger partial charge on any atom is -0.461 e. The van der Waals surface area contributed by atoms with Crippen LogP contribution in [0, 0.1) is 23.1 Å². The lowest BCUT2D eigenvalue weighted by Crippen LogP contribution is -2.57. The largest absolute Gasteiger partial charge is 0.461 e. The molecule has 2 aromatic heterocycles. The first-order valence-corrected chi connectivity index (χ1v) is 18.8. The number of nitrogens with one attached hydrogen (secondary N) is 3. The number of aromatic nitrogens is 3. The third kappa shape index (κ3) is 5.35. The van der Waals surface area contributed by atoms with Crippen LogP contribution in [0.2, 0.25) is 0 Å². The second kappa shape index (κ2) is 12.1. The third-order valence-corrected chi connectivity index (χ3v) is 13.6. The molecule has 0 radical (unpaired) electrons. The van der Waals surface area contributed by atoms with E-state index in [0.29, 0.717) is 42.8 Å². The van der Waals surface area contributed by atoms with Crippen LogP contribution in [0.15, 0.2) is 6.20 Å². The number of anilines is 1. The van der Waals surface area contributed by atoms with Crippen LogP contribution in [0.25, 0.3) is 10.9 Å². The van der Waals surface area contributed by atoms with Crippen LogP contribution < -0.4 is 25.8 Å². The molecular formula is C35H47ClF2N8O2. The standard InChI is InChI=1S/C35H47ClF2N8O2/c36-25-11-26-23(16-40-44-26)28-22(25)5-1-2-6-27(47)41-21-13-34(14-21)7-3-9-45(18-34)32-24-15-39-31(28)29(38)30(24)42-33(43-32)48-19-35-8-4-10-46(35)17-20(37)12-35/h15,20-23,25-26,28,40,44H,1-14,16-19H2,(H,41,47)/t20-,21?,22?,23?,25?,26?,28?,34?,35+/m1/s1. The van der Waals surface area contributed by atoms with Gasteiger partial charge in [-0.05, 0) is 81.6 Å². The maximum absolute atomic E-state index is 17.3.